The van der Waals surface area contributed by atoms with Crippen LogP contribution in [0.1, 0.15) is 20.8 Å². The van der Waals surface area contributed by atoms with Crippen molar-refractivity contribution >= 4 is 15.9 Å². The van der Waals surface area contributed by atoms with Crippen LogP contribution in [0.15, 0.2) is 0 Å². The van der Waals surface area contributed by atoms with Crippen LogP contribution in [0.25, 0.3) is 0 Å². The molecule has 0 aliphatic rings. The van der Waals surface area contributed by atoms with Crippen molar-refractivity contribution in [2.45, 2.75) is 26.8 Å². The smallest absolute Gasteiger partial charge is 0.237 e. The summed E-state index contributed by atoms with van der Waals surface area (Å²) < 4.78 is 24.0. The Labute approximate surface area is 104 Å². The third-order valence-corrected chi connectivity index (χ3v) is 4.26. The van der Waals surface area contributed by atoms with Gasteiger partial charge in [0.05, 0.1) is 11.8 Å². The molecule has 0 saturated heterocycles. The van der Waals surface area contributed by atoms with Crippen LogP contribution in [0.5, 0.6) is 0 Å². The first-order chi connectivity index (χ1) is 7.48. The van der Waals surface area contributed by atoms with E-state index < -0.39 is 16.1 Å². The fourth-order valence-electron chi connectivity index (χ4n) is 0.989. The average Bonchev–Trinajstić information content (AvgIpc) is 2.14. The van der Waals surface area contributed by atoms with Crippen molar-refractivity contribution in [3.63, 3.8) is 0 Å². The number of carbonyl (C=O) groups is 1. The number of sulfonamides is 1. The first-order valence-electron chi connectivity index (χ1n) is 5.42. The zero-order chi connectivity index (χ0) is 13.9. The van der Waals surface area contributed by atoms with Crippen molar-refractivity contribution < 1.29 is 13.2 Å². The van der Waals surface area contributed by atoms with Crippen molar-refractivity contribution in [1.29, 1.82) is 0 Å². The number of nitrogens with one attached hydrogen (secondary N) is 1. The average molecular weight is 265 g/mol. The molecule has 0 unspecified atom stereocenters. The second kappa shape index (κ2) is 5.79. The Morgan fingerprint density at radius 1 is 1.35 bits per heavy atom. The molecule has 0 saturated carbocycles. The van der Waals surface area contributed by atoms with E-state index in [0.29, 0.717) is 0 Å². The molecule has 0 aromatic rings. The number of carbonyl (C=O) groups excluding carboxylic acids is 1. The molecular formula is C10H23N3O3S. The van der Waals surface area contributed by atoms with Crippen molar-refractivity contribution in [2.24, 2.45) is 11.1 Å². The maximum Gasteiger partial charge on any atom is 0.237 e. The minimum Gasteiger partial charge on any atom is -0.354 e. The second-order valence-electron chi connectivity index (χ2n) is 5.23. The predicted octanol–water partition coefficient (Wildman–Crippen LogP) is -0.633. The number of amides is 1. The monoisotopic (exact) mass is 265 g/mol. The molecule has 0 aliphatic heterocycles. The van der Waals surface area contributed by atoms with Crippen LogP contribution in [0.4, 0.5) is 0 Å². The van der Waals surface area contributed by atoms with Gasteiger partial charge in [-0.1, -0.05) is 20.8 Å². The SMILES string of the molecule is CN(C)S(=O)(=O)CCNC(=O)[C@H](N)C(C)(C)C. The number of rotatable bonds is 5. The summed E-state index contributed by atoms with van der Waals surface area (Å²) in [6.07, 6.45) is 0. The molecule has 0 heterocycles. The topological polar surface area (TPSA) is 92.5 Å². The molecule has 0 spiro atoms. The minimum atomic E-state index is -3.28. The van der Waals surface area contributed by atoms with Crippen molar-refractivity contribution in [3.8, 4) is 0 Å². The Kier molecular flexibility index (Phi) is 5.57. The molecule has 3 N–H and O–H groups in total. The lowest BCUT2D eigenvalue weighted by Crippen LogP contribution is -2.49. The summed E-state index contributed by atoms with van der Waals surface area (Å²) in [5.41, 5.74) is 5.39. The molecule has 0 rings (SSSR count). The molecule has 0 radical (unpaired) electrons. The number of nitrogens with two attached hydrogens (primary N) is 1. The fourth-order valence-corrected chi connectivity index (χ4v) is 1.71. The second-order valence-corrected chi connectivity index (χ2v) is 7.54. The maximum absolute atomic E-state index is 11.6. The minimum absolute atomic E-state index is 0.0725. The number of hydrogen-bond donors (Lipinski definition) is 2. The van der Waals surface area contributed by atoms with Gasteiger partial charge in [-0.3, -0.25) is 4.79 Å². The molecule has 0 fully saturated rings. The van der Waals surface area contributed by atoms with Crippen molar-refractivity contribution in [2.75, 3.05) is 26.4 Å². The summed E-state index contributed by atoms with van der Waals surface area (Å²) >= 11 is 0. The molecule has 0 aliphatic carbocycles. The lowest BCUT2D eigenvalue weighted by atomic mass is 9.87. The van der Waals surface area contributed by atoms with Crippen LogP contribution in [-0.2, 0) is 14.8 Å². The first-order valence-corrected chi connectivity index (χ1v) is 7.03. The summed E-state index contributed by atoms with van der Waals surface area (Å²) in [6.45, 7) is 5.64. The van der Waals surface area contributed by atoms with Gasteiger partial charge in [-0.05, 0) is 5.41 Å². The highest BCUT2D eigenvalue weighted by atomic mass is 32.2. The summed E-state index contributed by atoms with van der Waals surface area (Å²) in [7, 11) is -0.364. The molecule has 0 bridgehead atoms. The van der Waals surface area contributed by atoms with Gasteiger partial charge < -0.3 is 11.1 Å². The highest BCUT2D eigenvalue weighted by Crippen LogP contribution is 2.16. The standard InChI is InChI=1S/C10H23N3O3S/c1-10(2,3)8(11)9(14)12-6-7-17(15,16)13(4)5/h8H,6-7,11H2,1-5H3,(H,12,14)/t8-/m0/s1. The van der Waals surface area contributed by atoms with E-state index in [4.69, 9.17) is 5.73 Å². The van der Waals surface area contributed by atoms with Gasteiger partial charge in [-0.2, -0.15) is 0 Å². The maximum atomic E-state index is 11.6. The lowest BCUT2D eigenvalue weighted by molar-refractivity contribution is -0.124. The Bertz CT molecular complexity index is 357. The third-order valence-electron chi connectivity index (χ3n) is 2.43. The largest absolute Gasteiger partial charge is 0.354 e. The molecular weight excluding hydrogens is 242 g/mol. The van der Waals surface area contributed by atoms with Gasteiger partial charge in [-0.25, -0.2) is 12.7 Å². The zero-order valence-corrected chi connectivity index (χ0v) is 12.0. The normalized spacial score (nSPS) is 14.8. The molecule has 102 valence electrons. The summed E-state index contributed by atoms with van der Waals surface area (Å²) in [5.74, 6) is -0.450. The number of nitrogens with zero attached hydrogens (tertiary/aromatic N) is 1. The highest BCUT2D eigenvalue weighted by molar-refractivity contribution is 7.89. The Morgan fingerprint density at radius 3 is 2.18 bits per heavy atom. The van der Waals surface area contributed by atoms with E-state index in [-0.39, 0.29) is 23.6 Å². The van der Waals surface area contributed by atoms with Crippen LogP contribution >= 0.6 is 0 Å². The van der Waals surface area contributed by atoms with Crippen LogP contribution < -0.4 is 11.1 Å². The van der Waals surface area contributed by atoms with E-state index in [1.54, 1.807) is 0 Å². The summed E-state index contributed by atoms with van der Waals surface area (Å²) in [6, 6.07) is -0.649. The van der Waals surface area contributed by atoms with Gasteiger partial charge >= 0.3 is 0 Å². The first kappa shape index (κ1) is 16.3. The van der Waals surface area contributed by atoms with Gasteiger partial charge in [0.25, 0.3) is 0 Å². The van der Waals surface area contributed by atoms with E-state index in [0.717, 1.165) is 4.31 Å². The zero-order valence-electron chi connectivity index (χ0n) is 11.1. The molecule has 0 aromatic heterocycles. The van der Waals surface area contributed by atoms with Crippen LogP contribution in [0, 0.1) is 5.41 Å². The van der Waals surface area contributed by atoms with Crippen molar-refractivity contribution in [3.05, 3.63) is 0 Å². The molecule has 17 heavy (non-hydrogen) atoms. The fraction of sp³-hybridized carbons (Fsp3) is 0.900. The molecule has 1 atom stereocenters. The van der Waals surface area contributed by atoms with Crippen LogP contribution in [0.3, 0.4) is 0 Å². The van der Waals surface area contributed by atoms with Gasteiger partial charge in [0.2, 0.25) is 15.9 Å². The summed E-state index contributed by atoms with van der Waals surface area (Å²) in [5, 5.41) is 2.53. The highest BCUT2D eigenvalue weighted by Gasteiger charge is 2.27. The molecule has 1 amide bonds. The van der Waals surface area contributed by atoms with Gasteiger partial charge in [0.15, 0.2) is 0 Å². The van der Waals surface area contributed by atoms with Gasteiger partial charge in [-0.15, -0.1) is 0 Å². The lowest BCUT2D eigenvalue weighted by Gasteiger charge is -2.25. The van der Waals surface area contributed by atoms with E-state index in [1.165, 1.54) is 14.1 Å². The van der Waals surface area contributed by atoms with E-state index in [2.05, 4.69) is 5.32 Å². The van der Waals surface area contributed by atoms with E-state index >= 15 is 0 Å². The predicted molar refractivity (Wildman–Crippen MR) is 67.9 cm³/mol. The van der Waals surface area contributed by atoms with Crippen LogP contribution in [-0.4, -0.2) is 51.1 Å². The summed E-state index contributed by atoms with van der Waals surface area (Å²) in [4.78, 5) is 11.6. The molecule has 7 heteroatoms. The van der Waals surface area contributed by atoms with Gasteiger partial charge in [0.1, 0.15) is 0 Å². The van der Waals surface area contributed by atoms with Gasteiger partial charge in [0, 0.05) is 20.6 Å². The van der Waals surface area contributed by atoms with Crippen molar-refractivity contribution in [1.82, 2.24) is 9.62 Å². The quantitative estimate of drug-likeness (QED) is 0.692. The Morgan fingerprint density at radius 2 is 1.82 bits per heavy atom. The molecule has 6 nitrogen and oxygen atoms in total. The number of hydrogen-bond acceptors (Lipinski definition) is 4. The Hall–Kier alpha value is -0.660. The molecule has 0 aromatic carbocycles. The third kappa shape index (κ3) is 5.47. The van der Waals surface area contributed by atoms with E-state index in [9.17, 15) is 13.2 Å². The Balaban J connectivity index is 4.21. The van der Waals surface area contributed by atoms with Crippen LogP contribution in [0.2, 0.25) is 0 Å². The van der Waals surface area contributed by atoms with E-state index in [1.807, 2.05) is 20.8 Å².